The summed E-state index contributed by atoms with van der Waals surface area (Å²) in [4.78, 5) is 0. The standard InChI is InChI=1S/C11H13N3O/c15-11-4-2-1-3-9(11)7-12-8-10-5-6-13-14-10/h1-6,12,15H,7-8H2,(H,13,14). The number of benzene rings is 1. The Morgan fingerprint density at radius 2 is 2.07 bits per heavy atom. The molecule has 0 aliphatic heterocycles. The summed E-state index contributed by atoms with van der Waals surface area (Å²) in [5, 5.41) is 19.4. The van der Waals surface area contributed by atoms with Crippen LogP contribution in [0, 0.1) is 0 Å². The van der Waals surface area contributed by atoms with Gasteiger partial charge in [-0.05, 0) is 12.1 Å². The third-order valence-corrected chi connectivity index (χ3v) is 2.18. The van der Waals surface area contributed by atoms with E-state index >= 15 is 0 Å². The Bertz CT molecular complexity index is 412. The highest BCUT2D eigenvalue weighted by molar-refractivity contribution is 5.31. The van der Waals surface area contributed by atoms with E-state index in [1.807, 2.05) is 24.3 Å². The molecule has 0 saturated carbocycles. The lowest BCUT2D eigenvalue weighted by molar-refractivity contribution is 0.464. The van der Waals surface area contributed by atoms with Crippen LogP contribution >= 0.6 is 0 Å². The van der Waals surface area contributed by atoms with Gasteiger partial charge in [-0.25, -0.2) is 0 Å². The van der Waals surface area contributed by atoms with Crippen LogP contribution in [0.3, 0.4) is 0 Å². The monoisotopic (exact) mass is 203 g/mol. The average molecular weight is 203 g/mol. The van der Waals surface area contributed by atoms with Crippen LogP contribution in [0.2, 0.25) is 0 Å². The molecule has 4 nitrogen and oxygen atoms in total. The maximum Gasteiger partial charge on any atom is 0.120 e. The number of phenols is 1. The Balaban J connectivity index is 1.86. The molecule has 1 heterocycles. The Kier molecular flexibility index (Phi) is 2.99. The molecule has 2 rings (SSSR count). The van der Waals surface area contributed by atoms with Crippen LogP contribution in [-0.2, 0) is 13.1 Å². The number of para-hydroxylation sites is 1. The highest BCUT2D eigenvalue weighted by Crippen LogP contribution is 2.14. The van der Waals surface area contributed by atoms with E-state index < -0.39 is 0 Å². The van der Waals surface area contributed by atoms with Crippen molar-refractivity contribution in [2.75, 3.05) is 0 Å². The number of rotatable bonds is 4. The fourth-order valence-corrected chi connectivity index (χ4v) is 1.38. The Labute approximate surface area is 88.0 Å². The number of hydrogen-bond acceptors (Lipinski definition) is 3. The van der Waals surface area contributed by atoms with E-state index in [4.69, 9.17) is 0 Å². The lowest BCUT2D eigenvalue weighted by Crippen LogP contribution is -2.12. The number of nitrogens with one attached hydrogen (secondary N) is 2. The van der Waals surface area contributed by atoms with Gasteiger partial charge in [0, 0.05) is 30.5 Å². The van der Waals surface area contributed by atoms with E-state index in [2.05, 4.69) is 15.5 Å². The summed E-state index contributed by atoms with van der Waals surface area (Å²) >= 11 is 0. The molecule has 3 N–H and O–H groups in total. The smallest absolute Gasteiger partial charge is 0.120 e. The summed E-state index contributed by atoms with van der Waals surface area (Å²) in [7, 11) is 0. The number of aromatic amines is 1. The second-order valence-corrected chi connectivity index (χ2v) is 3.31. The summed E-state index contributed by atoms with van der Waals surface area (Å²) in [6.45, 7) is 1.36. The first-order valence-electron chi connectivity index (χ1n) is 4.82. The van der Waals surface area contributed by atoms with Crippen molar-refractivity contribution in [1.29, 1.82) is 0 Å². The summed E-state index contributed by atoms with van der Waals surface area (Å²) in [5.41, 5.74) is 1.93. The van der Waals surface area contributed by atoms with Crippen LogP contribution in [0.5, 0.6) is 5.75 Å². The molecule has 0 saturated heterocycles. The molecule has 15 heavy (non-hydrogen) atoms. The minimum absolute atomic E-state index is 0.328. The van der Waals surface area contributed by atoms with Crippen molar-refractivity contribution in [2.24, 2.45) is 0 Å². The van der Waals surface area contributed by atoms with Gasteiger partial charge in [0.2, 0.25) is 0 Å². The first-order valence-corrected chi connectivity index (χ1v) is 4.82. The summed E-state index contributed by atoms with van der Waals surface area (Å²) in [6.07, 6.45) is 1.72. The predicted octanol–water partition coefficient (Wildman–Crippen LogP) is 1.41. The van der Waals surface area contributed by atoms with Gasteiger partial charge in [0.15, 0.2) is 0 Å². The van der Waals surface area contributed by atoms with E-state index in [1.54, 1.807) is 12.3 Å². The highest BCUT2D eigenvalue weighted by Gasteiger charge is 1.99. The van der Waals surface area contributed by atoms with Crippen LogP contribution < -0.4 is 5.32 Å². The van der Waals surface area contributed by atoms with E-state index in [1.165, 1.54) is 0 Å². The Morgan fingerprint density at radius 1 is 1.20 bits per heavy atom. The largest absolute Gasteiger partial charge is 0.508 e. The number of nitrogens with zero attached hydrogens (tertiary/aromatic N) is 1. The lowest BCUT2D eigenvalue weighted by atomic mass is 10.2. The molecular formula is C11H13N3O. The molecule has 0 fully saturated rings. The minimum atomic E-state index is 0.328. The highest BCUT2D eigenvalue weighted by atomic mass is 16.3. The number of phenolic OH excluding ortho intramolecular Hbond substituents is 1. The van der Waals surface area contributed by atoms with Crippen LogP contribution in [0.25, 0.3) is 0 Å². The molecule has 1 aromatic heterocycles. The van der Waals surface area contributed by atoms with Crippen molar-refractivity contribution >= 4 is 0 Å². The van der Waals surface area contributed by atoms with Crippen molar-refractivity contribution in [3.63, 3.8) is 0 Å². The molecule has 0 unspecified atom stereocenters. The molecule has 0 atom stereocenters. The van der Waals surface area contributed by atoms with Gasteiger partial charge in [0.05, 0.1) is 0 Å². The molecule has 1 aromatic carbocycles. The van der Waals surface area contributed by atoms with Crippen LogP contribution in [0.15, 0.2) is 36.5 Å². The molecule has 78 valence electrons. The molecule has 4 heteroatoms. The predicted molar refractivity (Wildman–Crippen MR) is 57.2 cm³/mol. The summed E-state index contributed by atoms with van der Waals surface area (Å²) in [5.74, 6) is 0.328. The van der Waals surface area contributed by atoms with Gasteiger partial charge in [-0.1, -0.05) is 18.2 Å². The normalized spacial score (nSPS) is 10.4. The fraction of sp³-hybridized carbons (Fsp3) is 0.182. The summed E-state index contributed by atoms with van der Waals surface area (Å²) in [6, 6.07) is 9.22. The second-order valence-electron chi connectivity index (χ2n) is 3.31. The molecule has 0 spiro atoms. The quantitative estimate of drug-likeness (QED) is 0.704. The van der Waals surface area contributed by atoms with Crippen molar-refractivity contribution in [2.45, 2.75) is 13.1 Å². The Morgan fingerprint density at radius 3 is 2.80 bits per heavy atom. The number of aromatic hydroxyl groups is 1. The lowest BCUT2D eigenvalue weighted by Gasteiger charge is -2.05. The van der Waals surface area contributed by atoms with Crippen molar-refractivity contribution in [3.05, 3.63) is 47.8 Å². The van der Waals surface area contributed by atoms with Gasteiger partial charge >= 0.3 is 0 Å². The van der Waals surface area contributed by atoms with Gasteiger partial charge < -0.3 is 10.4 Å². The molecule has 0 amide bonds. The maximum atomic E-state index is 9.51. The zero-order valence-electron chi connectivity index (χ0n) is 8.27. The van der Waals surface area contributed by atoms with Gasteiger partial charge in [0.25, 0.3) is 0 Å². The zero-order chi connectivity index (χ0) is 10.5. The third-order valence-electron chi connectivity index (χ3n) is 2.18. The van der Waals surface area contributed by atoms with Crippen LogP contribution in [-0.4, -0.2) is 15.3 Å². The van der Waals surface area contributed by atoms with Crippen molar-refractivity contribution in [1.82, 2.24) is 15.5 Å². The summed E-state index contributed by atoms with van der Waals surface area (Å²) < 4.78 is 0. The van der Waals surface area contributed by atoms with Crippen LogP contribution in [0.4, 0.5) is 0 Å². The molecule has 2 aromatic rings. The molecule has 0 bridgehead atoms. The third kappa shape index (κ3) is 2.57. The topological polar surface area (TPSA) is 60.9 Å². The van der Waals surface area contributed by atoms with Crippen molar-refractivity contribution in [3.8, 4) is 5.75 Å². The van der Waals surface area contributed by atoms with E-state index in [0.29, 0.717) is 18.8 Å². The van der Waals surface area contributed by atoms with E-state index in [-0.39, 0.29) is 0 Å². The van der Waals surface area contributed by atoms with Gasteiger partial charge in [0.1, 0.15) is 5.75 Å². The van der Waals surface area contributed by atoms with Gasteiger partial charge in [-0.2, -0.15) is 5.10 Å². The van der Waals surface area contributed by atoms with Gasteiger partial charge in [-0.3, -0.25) is 5.10 Å². The number of aromatic nitrogens is 2. The molecule has 0 aliphatic carbocycles. The Hall–Kier alpha value is -1.81. The molecular weight excluding hydrogens is 190 g/mol. The number of H-pyrrole nitrogens is 1. The zero-order valence-corrected chi connectivity index (χ0v) is 8.27. The average Bonchev–Trinajstić information content (AvgIpc) is 2.74. The fourth-order valence-electron chi connectivity index (χ4n) is 1.38. The maximum absolute atomic E-state index is 9.51. The van der Waals surface area contributed by atoms with Crippen molar-refractivity contribution < 1.29 is 5.11 Å². The molecule has 0 aliphatic rings. The first kappa shape index (κ1) is 9.73. The van der Waals surface area contributed by atoms with E-state index in [0.717, 1.165) is 11.3 Å². The first-order chi connectivity index (χ1) is 7.36. The number of hydrogen-bond donors (Lipinski definition) is 3. The second kappa shape index (κ2) is 4.61. The SMILES string of the molecule is Oc1ccccc1CNCc1ccn[nH]1. The van der Waals surface area contributed by atoms with E-state index in [9.17, 15) is 5.11 Å². The molecule has 0 radical (unpaired) electrons. The van der Waals surface area contributed by atoms with Gasteiger partial charge in [-0.15, -0.1) is 0 Å². The minimum Gasteiger partial charge on any atom is -0.508 e. The van der Waals surface area contributed by atoms with Crippen LogP contribution in [0.1, 0.15) is 11.3 Å².